The molecule has 3 saturated heterocycles. The number of aliphatic hydroxyl groups excluding tert-OH is 1. The van der Waals surface area contributed by atoms with E-state index in [0.717, 1.165) is 0 Å². The summed E-state index contributed by atoms with van der Waals surface area (Å²) in [5, 5.41) is 10.1. The fourth-order valence-electron chi connectivity index (χ4n) is 5.80. The van der Waals surface area contributed by atoms with Crippen molar-refractivity contribution in [3.63, 3.8) is 0 Å². The maximum absolute atomic E-state index is 14.3. The third-order valence-electron chi connectivity index (χ3n) is 7.22. The van der Waals surface area contributed by atoms with Crippen LogP contribution in [0.2, 0.25) is 0 Å². The van der Waals surface area contributed by atoms with Crippen molar-refractivity contribution >= 4 is 45.5 Å². The van der Waals surface area contributed by atoms with E-state index in [1.165, 1.54) is 0 Å². The monoisotopic (exact) mass is 544 g/mol. The molecule has 1 spiro atoms. The molecular weight excluding hydrogens is 508 g/mol. The molecule has 2 bridgehead atoms. The van der Waals surface area contributed by atoms with Gasteiger partial charge < -0.3 is 19.6 Å². The average molecular weight is 546 g/mol. The van der Waals surface area contributed by atoms with Gasteiger partial charge in [-0.2, -0.15) is 0 Å². The molecule has 3 heterocycles. The smallest absolute Gasteiger partial charge is 0.310 e. The molecule has 0 radical (unpaired) electrons. The number of fused-ring (bicyclic) bond motifs is 1. The molecule has 7 atom stereocenters. The standard InChI is InChI=1S/C24H37BrN2O5S/c1-8-10-26(23(5,6)7)21(30)19-24-11-14(25)18(33-24)16(22(31)32-9-2)17(24)20(29)27(19)15(12-28)13(3)4/h8,13-19,28H,1,9-12H2,2-7H3/t14?,15-,16+,17-,18+,19?,24?/m0/s1. The van der Waals surface area contributed by atoms with Crippen LogP contribution < -0.4 is 0 Å². The lowest BCUT2D eigenvalue weighted by Crippen LogP contribution is -2.61. The summed E-state index contributed by atoms with van der Waals surface area (Å²) in [6.45, 7) is 15.7. The van der Waals surface area contributed by atoms with Crippen LogP contribution in [0.1, 0.15) is 48.0 Å². The third-order valence-corrected chi connectivity index (χ3v) is 10.4. The normalized spacial score (nSPS) is 33.9. The number of rotatable bonds is 8. The fourth-order valence-corrected chi connectivity index (χ4v) is 9.38. The van der Waals surface area contributed by atoms with Crippen LogP contribution in [0.3, 0.4) is 0 Å². The fraction of sp³-hybridized carbons (Fsp3) is 0.792. The van der Waals surface area contributed by atoms with E-state index in [0.29, 0.717) is 13.0 Å². The first kappa shape index (κ1) is 26.5. The van der Waals surface area contributed by atoms with E-state index in [2.05, 4.69) is 22.5 Å². The Morgan fingerprint density at radius 1 is 1.42 bits per heavy atom. The van der Waals surface area contributed by atoms with Crippen molar-refractivity contribution in [2.24, 2.45) is 17.8 Å². The Morgan fingerprint density at radius 3 is 2.55 bits per heavy atom. The first-order valence-electron chi connectivity index (χ1n) is 11.7. The van der Waals surface area contributed by atoms with Gasteiger partial charge in [0.15, 0.2) is 0 Å². The first-order chi connectivity index (χ1) is 15.4. The molecule has 7 nitrogen and oxygen atoms in total. The van der Waals surface area contributed by atoms with Gasteiger partial charge in [-0.3, -0.25) is 14.4 Å². The van der Waals surface area contributed by atoms with Gasteiger partial charge >= 0.3 is 5.97 Å². The number of aliphatic hydroxyl groups is 1. The number of halogens is 1. The summed E-state index contributed by atoms with van der Waals surface area (Å²) in [4.78, 5) is 44.7. The minimum Gasteiger partial charge on any atom is -0.466 e. The van der Waals surface area contributed by atoms with Gasteiger partial charge in [-0.1, -0.05) is 35.9 Å². The van der Waals surface area contributed by atoms with Gasteiger partial charge in [0.1, 0.15) is 6.04 Å². The Kier molecular flexibility index (Phi) is 7.67. The van der Waals surface area contributed by atoms with Crippen molar-refractivity contribution in [2.45, 2.75) is 80.4 Å². The Morgan fingerprint density at radius 2 is 2.06 bits per heavy atom. The zero-order valence-electron chi connectivity index (χ0n) is 20.4. The number of carbonyl (C=O) groups is 3. The van der Waals surface area contributed by atoms with Crippen LogP contribution >= 0.6 is 27.7 Å². The van der Waals surface area contributed by atoms with Crippen molar-refractivity contribution in [1.29, 1.82) is 0 Å². The minimum atomic E-state index is -0.775. The van der Waals surface area contributed by atoms with Gasteiger partial charge in [0.25, 0.3) is 0 Å². The number of ether oxygens (including phenoxy) is 1. The second kappa shape index (κ2) is 9.53. The summed E-state index contributed by atoms with van der Waals surface area (Å²) in [7, 11) is 0. The maximum Gasteiger partial charge on any atom is 0.310 e. The third kappa shape index (κ3) is 4.16. The van der Waals surface area contributed by atoms with Crippen molar-refractivity contribution in [3.8, 4) is 0 Å². The SMILES string of the molecule is C=CCN(C(=O)C1N([C@@H](CO)C(C)C)C(=O)[C@@H]2[C@@H](C(=O)OCC)[C@@H]3SC12CC3Br)C(C)(C)C. The van der Waals surface area contributed by atoms with Crippen molar-refractivity contribution < 1.29 is 24.2 Å². The topological polar surface area (TPSA) is 87.2 Å². The van der Waals surface area contributed by atoms with Gasteiger partial charge in [0, 0.05) is 22.2 Å². The predicted molar refractivity (Wildman–Crippen MR) is 133 cm³/mol. The van der Waals surface area contributed by atoms with Gasteiger partial charge in [-0.05, 0) is 40.0 Å². The van der Waals surface area contributed by atoms with E-state index in [1.807, 2.05) is 34.6 Å². The predicted octanol–water partition coefficient (Wildman–Crippen LogP) is 2.84. The molecule has 9 heteroatoms. The number of nitrogens with zero attached hydrogens (tertiary/aromatic N) is 2. The second-order valence-electron chi connectivity index (χ2n) is 10.6. The zero-order valence-corrected chi connectivity index (χ0v) is 22.8. The number of amides is 2. The Hall–Kier alpha value is -1.06. The molecule has 2 amide bonds. The number of hydrogen-bond acceptors (Lipinski definition) is 6. The van der Waals surface area contributed by atoms with Crippen LogP contribution in [0.5, 0.6) is 0 Å². The van der Waals surface area contributed by atoms with Crippen molar-refractivity contribution in [1.82, 2.24) is 9.80 Å². The van der Waals surface area contributed by atoms with Crippen molar-refractivity contribution in [3.05, 3.63) is 12.7 Å². The maximum atomic E-state index is 14.3. The highest BCUT2D eigenvalue weighted by molar-refractivity contribution is 9.09. The number of hydrogen-bond donors (Lipinski definition) is 1. The molecule has 3 aliphatic heterocycles. The lowest BCUT2D eigenvalue weighted by molar-refractivity contribution is -0.154. The number of thioether (sulfide) groups is 1. The first-order valence-corrected chi connectivity index (χ1v) is 13.5. The highest BCUT2D eigenvalue weighted by Gasteiger charge is 2.77. The lowest BCUT2D eigenvalue weighted by Gasteiger charge is -2.44. The molecule has 0 saturated carbocycles. The molecule has 3 rings (SSSR count). The number of esters is 1. The lowest BCUT2D eigenvalue weighted by atomic mass is 9.71. The molecule has 1 N–H and O–H groups in total. The number of alkyl halides is 1. The van der Waals surface area contributed by atoms with Crippen LogP contribution in [-0.2, 0) is 19.1 Å². The molecule has 186 valence electrons. The van der Waals surface area contributed by atoms with Crippen molar-refractivity contribution in [2.75, 3.05) is 19.8 Å². The van der Waals surface area contributed by atoms with Gasteiger partial charge in [-0.25, -0.2) is 0 Å². The summed E-state index contributed by atoms with van der Waals surface area (Å²) in [5.74, 6) is -2.08. The van der Waals surface area contributed by atoms with Crippen LogP contribution in [0.4, 0.5) is 0 Å². The number of carbonyl (C=O) groups excluding carboxylic acids is 3. The van der Waals surface area contributed by atoms with Gasteiger partial charge in [0.05, 0.1) is 35.8 Å². The molecule has 0 aromatic carbocycles. The molecule has 3 fully saturated rings. The summed E-state index contributed by atoms with van der Waals surface area (Å²) in [5.41, 5.74) is -0.489. The average Bonchev–Trinajstić information content (AvgIpc) is 3.29. The Balaban J connectivity index is 2.18. The van der Waals surface area contributed by atoms with E-state index in [9.17, 15) is 19.5 Å². The quantitative estimate of drug-likeness (QED) is 0.287. The van der Waals surface area contributed by atoms with E-state index in [4.69, 9.17) is 4.74 Å². The molecule has 3 aliphatic rings. The van der Waals surface area contributed by atoms with E-state index < -0.39 is 34.2 Å². The van der Waals surface area contributed by atoms with E-state index in [1.54, 1.807) is 34.6 Å². The summed E-state index contributed by atoms with van der Waals surface area (Å²) >= 11 is 5.33. The van der Waals surface area contributed by atoms with E-state index >= 15 is 0 Å². The Labute approximate surface area is 209 Å². The summed E-state index contributed by atoms with van der Waals surface area (Å²) in [6.07, 6.45) is 2.29. The molecular formula is C24H37BrN2O5S. The van der Waals surface area contributed by atoms with Crippen LogP contribution in [0.25, 0.3) is 0 Å². The molecule has 0 aromatic heterocycles. The van der Waals surface area contributed by atoms with Crippen LogP contribution in [0, 0.1) is 17.8 Å². The zero-order chi connectivity index (χ0) is 24.9. The molecule has 33 heavy (non-hydrogen) atoms. The summed E-state index contributed by atoms with van der Waals surface area (Å²) < 4.78 is 4.63. The molecule has 0 aromatic rings. The Bertz CT molecular complexity index is 815. The number of likely N-dealkylation sites (tertiary alicyclic amines) is 1. The summed E-state index contributed by atoms with van der Waals surface area (Å²) in [6, 6.07) is -1.29. The highest BCUT2D eigenvalue weighted by atomic mass is 79.9. The van der Waals surface area contributed by atoms with Crippen LogP contribution in [-0.4, -0.2) is 84.9 Å². The minimum absolute atomic E-state index is 0.00896. The molecule has 3 unspecified atom stereocenters. The molecule has 0 aliphatic carbocycles. The van der Waals surface area contributed by atoms with Gasteiger partial charge in [-0.15, -0.1) is 18.3 Å². The van der Waals surface area contributed by atoms with Gasteiger partial charge in [0.2, 0.25) is 11.8 Å². The van der Waals surface area contributed by atoms with Crippen LogP contribution in [0.15, 0.2) is 12.7 Å². The second-order valence-corrected chi connectivity index (χ2v) is 13.3. The van der Waals surface area contributed by atoms with E-state index in [-0.39, 0.29) is 47.0 Å². The highest BCUT2D eigenvalue weighted by Crippen LogP contribution is 2.68. The largest absolute Gasteiger partial charge is 0.466 e.